The Morgan fingerprint density at radius 2 is 2.11 bits per heavy atom. The highest BCUT2D eigenvalue weighted by Crippen LogP contribution is 2.22. The number of amides is 1. The van der Waals surface area contributed by atoms with E-state index in [9.17, 15) is 14.7 Å². The van der Waals surface area contributed by atoms with Crippen molar-refractivity contribution in [1.82, 2.24) is 5.32 Å². The number of hydrogen-bond acceptors (Lipinski definition) is 3. The van der Waals surface area contributed by atoms with Crippen molar-refractivity contribution in [2.75, 3.05) is 6.54 Å². The zero-order valence-electron chi connectivity index (χ0n) is 9.98. The van der Waals surface area contributed by atoms with Crippen LogP contribution in [0.2, 0.25) is 10.0 Å². The Morgan fingerprint density at radius 3 is 2.74 bits per heavy atom. The Kier molecular flexibility index (Phi) is 6.56. The first-order valence-corrected chi connectivity index (χ1v) is 6.29. The molecule has 0 radical (unpaired) electrons. The molecule has 1 atom stereocenters. The molecular formula is C13H13Cl2NO3. The molecule has 0 bridgehead atoms. The average Bonchev–Trinajstić information content (AvgIpc) is 2.38. The van der Waals surface area contributed by atoms with E-state index in [0.717, 1.165) is 5.56 Å². The molecule has 0 saturated carbocycles. The Labute approximate surface area is 121 Å². The topological polar surface area (TPSA) is 66.4 Å². The van der Waals surface area contributed by atoms with Crippen molar-refractivity contribution in [2.45, 2.75) is 12.5 Å². The summed E-state index contributed by atoms with van der Waals surface area (Å²) in [5.74, 6) is -0.253. The van der Waals surface area contributed by atoms with Crippen LogP contribution in [0, 0.1) is 0 Å². The maximum Gasteiger partial charge on any atom is 0.224 e. The van der Waals surface area contributed by atoms with Crippen LogP contribution in [0.4, 0.5) is 0 Å². The number of halogens is 2. The van der Waals surface area contributed by atoms with Gasteiger partial charge in [0.15, 0.2) is 0 Å². The largest absolute Gasteiger partial charge is 0.387 e. The fraction of sp³-hybridized carbons (Fsp3) is 0.231. The van der Waals surface area contributed by atoms with Crippen molar-refractivity contribution in [3.05, 3.63) is 46.0 Å². The molecule has 1 unspecified atom stereocenters. The average molecular weight is 302 g/mol. The number of aliphatic hydroxyl groups excluding tert-OH is 1. The number of benzene rings is 1. The fourth-order valence-corrected chi connectivity index (χ4v) is 1.68. The van der Waals surface area contributed by atoms with E-state index in [1.54, 1.807) is 18.2 Å². The molecule has 102 valence electrons. The minimum absolute atomic E-state index is 0.0461. The van der Waals surface area contributed by atoms with Crippen LogP contribution >= 0.6 is 23.2 Å². The quantitative estimate of drug-likeness (QED) is 0.621. The zero-order valence-corrected chi connectivity index (χ0v) is 11.5. The molecule has 0 aromatic heterocycles. The Balaban J connectivity index is 2.44. The monoisotopic (exact) mass is 301 g/mol. The third-order valence-corrected chi connectivity index (χ3v) is 3.01. The first-order chi connectivity index (χ1) is 9.02. The highest BCUT2D eigenvalue weighted by molar-refractivity contribution is 6.42. The standard InChI is InChI=1S/C13H13Cl2NO3/c14-11-4-3-9(6-12(11)15)7-13(19)16-8-10(18)2-1-5-17/h1-6,10,18H,7-8H2,(H,16,19)/b2-1+. The second-order valence-corrected chi connectivity index (χ2v) is 4.63. The first-order valence-electron chi connectivity index (χ1n) is 5.53. The van der Waals surface area contributed by atoms with E-state index >= 15 is 0 Å². The van der Waals surface area contributed by atoms with Gasteiger partial charge in [-0.15, -0.1) is 0 Å². The van der Waals surface area contributed by atoms with Crippen LogP contribution in [0.25, 0.3) is 0 Å². The predicted molar refractivity (Wildman–Crippen MR) is 74.4 cm³/mol. The Bertz CT molecular complexity index is 489. The molecule has 0 aliphatic carbocycles. The second-order valence-electron chi connectivity index (χ2n) is 3.82. The molecule has 1 aromatic carbocycles. The smallest absolute Gasteiger partial charge is 0.224 e. The highest BCUT2D eigenvalue weighted by atomic mass is 35.5. The lowest BCUT2D eigenvalue weighted by molar-refractivity contribution is -0.120. The number of hydrogen-bond donors (Lipinski definition) is 2. The highest BCUT2D eigenvalue weighted by Gasteiger charge is 2.07. The lowest BCUT2D eigenvalue weighted by Gasteiger charge is -2.08. The van der Waals surface area contributed by atoms with Gasteiger partial charge in [-0.05, 0) is 23.8 Å². The van der Waals surface area contributed by atoms with Gasteiger partial charge in [-0.1, -0.05) is 35.3 Å². The summed E-state index contributed by atoms with van der Waals surface area (Å²) in [6, 6.07) is 4.94. The number of allylic oxidation sites excluding steroid dienone is 1. The number of carbonyl (C=O) groups is 2. The maximum atomic E-state index is 11.6. The number of aldehydes is 1. The van der Waals surface area contributed by atoms with Crippen LogP contribution in [-0.2, 0) is 16.0 Å². The second kappa shape index (κ2) is 7.94. The predicted octanol–water partition coefficient (Wildman–Crippen LogP) is 1.77. The van der Waals surface area contributed by atoms with E-state index in [2.05, 4.69) is 5.32 Å². The molecule has 0 spiro atoms. The van der Waals surface area contributed by atoms with Gasteiger partial charge in [0.25, 0.3) is 0 Å². The van der Waals surface area contributed by atoms with E-state index in [1.165, 1.54) is 12.2 Å². The van der Waals surface area contributed by atoms with E-state index in [4.69, 9.17) is 23.2 Å². The zero-order chi connectivity index (χ0) is 14.3. The van der Waals surface area contributed by atoms with Gasteiger partial charge in [0, 0.05) is 6.54 Å². The van der Waals surface area contributed by atoms with Gasteiger partial charge < -0.3 is 10.4 Å². The van der Waals surface area contributed by atoms with Crippen LogP contribution in [0.3, 0.4) is 0 Å². The number of aliphatic hydroxyl groups is 1. The van der Waals surface area contributed by atoms with E-state index in [1.807, 2.05) is 0 Å². The van der Waals surface area contributed by atoms with Gasteiger partial charge in [-0.3, -0.25) is 9.59 Å². The van der Waals surface area contributed by atoms with Gasteiger partial charge in [0.1, 0.15) is 6.29 Å². The van der Waals surface area contributed by atoms with Gasteiger partial charge in [-0.2, -0.15) is 0 Å². The first kappa shape index (κ1) is 15.7. The van der Waals surface area contributed by atoms with Crippen LogP contribution in [0.5, 0.6) is 0 Å². The van der Waals surface area contributed by atoms with Crippen LogP contribution < -0.4 is 5.32 Å². The molecule has 0 fully saturated rings. The van der Waals surface area contributed by atoms with Crippen molar-refractivity contribution in [2.24, 2.45) is 0 Å². The number of carbonyl (C=O) groups excluding carboxylic acids is 2. The van der Waals surface area contributed by atoms with E-state index in [-0.39, 0.29) is 18.9 Å². The molecule has 0 aliphatic rings. The molecule has 0 heterocycles. The summed E-state index contributed by atoms with van der Waals surface area (Å²) in [7, 11) is 0. The molecule has 19 heavy (non-hydrogen) atoms. The molecule has 1 amide bonds. The molecule has 6 heteroatoms. The lowest BCUT2D eigenvalue weighted by atomic mass is 10.1. The van der Waals surface area contributed by atoms with Crippen molar-refractivity contribution in [3.63, 3.8) is 0 Å². The molecule has 0 aliphatic heterocycles. The van der Waals surface area contributed by atoms with Gasteiger partial charge in [0.2, 0.25) is 5.91 Å². The van der Waals surface area contributed by atoms with Crippen LogP contribution in [-0.4, -0.2) is 29.9 Å². The van der Waals surface area contributed by atoms with Crippen molar-refractivity contribution in [3.8, 4) is 0 Å². The molecule has 4 nitrogen and oxygen atoms in total. The van der Waals surface area contributed by atoms with Gasteiger partial charge in [0.05, 0.1) is 22.6 Å². The summed E-state index contributed by atoms with van der Waals surface area (Å²) in [6.45, 7) is 0.0461. The van der Waals surface area contributed by atoms with Crippen LogP contribution in [0.1, 0.15) is 5.56 Å². The summed E-state index contributed by atoms with van der Waals surface area (Å²) in [6.07, 6.45) is 2.28. The third kappa shape index (κ3) is 5.87. The normalized spacial score (nSPS) is 12.4. The maximum absolute atomic E-state index is 11.6. The molecule has 1 rings (SSSR count). The molecule has 0 saturated heterocycles. The van der Waals surface area contributed by atoms with Gasteiger partial charge in [-0.25, -0.2) is 0 Å². The molecular weight excluding hydrogens is 289 g/mol. The van der Waals surface area contributed by atoms with Crippen molar-refractivity contribution in [1.29, 1.82) is 0 Å². The van der Waals surface area contributed by atoms with Gasteiger partial charge >= 0.3 is 0 Å². The lowest BCUT2D eigenvalue weighted by Crippen LogP contribution is -2.32. The number of nitrogens with one attached hydrogen (secondary N) is 1. The molecule has 2 N–H and O–H groups in total. The van der Waals surface area contributed by atoms with E-state index < -0.39 is 6.10 Å². The summed E-state index contributed by atoms with van der Waals surface area (Å²) < 4.78 is 0. The summed E-state index contributed by atoms with van der Waals surface area (Å²) in [5, 5.41) is 12.7. The Morgan fingerprint density at radius 1 is 1.37 bits per heavy atom. The van der Waals surface area contributed by atoms with Crippen molar-refractivity contribution < 1.29 is 14.7 Å². The third-order valence-electron chi connectivity index (χ3n) is 2.27. The molecule has 1 aromatic rings. The summed E-state index contributed by atoms with van der Waals surface area (Å²) >= 11 is 11.6. The van der Waals surface area contributed by atoms with E-state index in [0.29, 0.717) is 16.3 Å². The van der Waals surface area contributed by atoms with Crippen LogP contribution in [0.15, 0.2) is 30.4 Å². The minimum atomic E-state index is -0.886. The minimum Gasteiger partial charge on any atom is -0.387 e. The fourth-order valence-electron chi connectivity index (χ4n) is 1.36. The Hall–Kier alpha value is -1.36. The number of rotatable bonds is 6. The SMILES string of the molecule is O=C/C=C/C(O)CNC(=O)Cc1ccc(Cl)c(Cl)c1. The van der Waals surface area contributed by atoms with Crippen molar-refractivity contribution >= 4 is 35.4 Å². The summed E-state index contributed by atoms with van der Waals surface area (Å²) in [5.41, 5.74) is 0.727. The summed E-state index contributed by atoms with van der Waals surface area (Å²) in [4.78, 5) is 21.6.